The number of carbonyl (C=O) groups excluding carboxylic acids is 1. The Morgan fingerprint density at radius 3 is 2.56 bits per heavy atom. The number of benzene rings is 1. The molecule has 1 aromatic carbocycles. The number of rotatable bonds is 4. The van der Waals surface area contributed by atoms with E-state index in [-0.39, 0.29) is 5.56 Å². The second-order valence-corrected chi connectivity index (χ2v) is 3.99. The molecule has 18 heavy (non-hydrogen) atoms. The fraction of sp³-hybridized carbons (Fsp3) is 0.154. The Balaban J connectivity index is 2.20. The molecule has 2 rings (SSSR count). The van der Waals surface area contributed by atoms with Crippen molar-refractivity contribution in [3.05, 3.63) is 52.8 Å². The Labute approximate surface area is 104 Å². The fourth-order valence-electron chi connectivity index (χ4n) is 1.68. The van der Waals surface area contributed by atoms with Crippen molar-refractivity contribution in [2.75, 3.05) is 0 Å². The summed E-state index contributed by atoms with van der Waals surface area (Å²) in [6.45, 7) is 2.38. The molecule has 5 nitrogen and oxygen atoms in total. The maximum absolute atomic E-state index is 10.7. The predicted molar refractivity (Wildman–Crippen MR) is 64.9 cm³/mol. The molecule has 5 heteroatoms. The van der Waals surface area contributed by atoms with Gasteiger partial charge in [-0.25, -0.2) is 4.79 Å². The van der Waals surface area contributed by atoms with Crippen LogP contribution in [0.15, 0.2) is 30.3 Å². The predicted octanol–water partition coefficient (Wildman–Crippen LogP) is 1.75. The lowest BCUT2D eigenvalue weighted by atomic mass is 10.1. The van der Waals surface area contributed by atoms with E-state index >= 15 is 0 Å². The lowest BCUT2D eigenvalue weighted by Crippen LogP contribution is -2.04. The Morgan fingerprint density at radius 1 is 1.39 bits per heavy atom. The highest BCUT2D eigenvalue weighted by Gasteiger charge is 2.05. The molecule has 0 aliphatic carbocycles. The molecule has 1 aromatic heterocycles. The van der Waals surface area contributed by atoms with Gasteiger partial charge in [-0.1, -0.05) is 12.1 Å². The van der Waals surface area contributed by atoms with Crippen molar-refractivity contribution in [3.63, 3.8) is 0 Å². The van der Waals surface area contributed by atoms with E-state index in [0.717, 1.165) is 11.3 Å². The summed E-state index contributed by atoms with van der Waals surface area (Å²) in [7, 11) is 0. The van der Waals surface area contributed by atoms with Crippen molar-refractivity contribution in [3.8, 4) is 0 Å². The fourth-order valence-corrected chi connectivity index (χ4v) is 1.68. The number of carboxylic acid groups (broad SMARTS) is 1. The molecule has 1 N–H and O–H groups in total. The summed E-state index contributed by atoms with van der Waals surface area (Å²) in [6.07, 6.45) is 0.705. The van der Waals surface area contributed by atoms with E-state index in [9.17, 15) is 9.59 Å². The second-order valence-electron chi connectivity index (χ2n) is 3.99. The van der Waals surface area contributed by atoms with E-state index in [1.165, 1.54) is 0 Å². The third kappa shape index (κ3) is 2.45. The molecule has 0 unspecified atom stereocenters. The van der Waals surface area contributed by atoms with Gasteiger partial charge in [0.15, 0.2) is 6.29 Å². The van der Waals surface area contributed by atoms with Crippen molar-refractivity contribution in [2.24, 2.45) is 0 Å². The summed E-state index contributed by atoms with van der Waals surface area (Å²) in [5, 5.41) is 12.9. The Morgan fingerprint density at radius 2 is 2.06 bits per heavy atom. The third-order valence-electron chi connectivity index (χ3n) is 2.65. The first-order valence-corrected chi connectivity index (χ1v) is 5.42. The van der Waals surface area contributed by atoms with Crippen LogP contribution in [0.3, 0.4) is 0 Å². The summed E-state index contributed by atoms with van der Waals surface area (Å²) in [6, 6.07) is 8.29. The first-order valence-electron chi connectivity index (χ1n) is 5.42. The minimum Gasteiger partial charge on any atom is -0.478 e. The van der Waals surface area contributed by atoms with Crippen LogP contribution in [0.25, 0.3) is 0 Å². The molecule has 92 valence electrons. The van der Waals surface area contributed by atoms with E-state index in [1.54, 1.807) is 35.0 Å². The lowest BCUT2D eigenvalue weighted by Gasteiger charge is -2.04. The van der Waals surface area contributed by atoms with Gasteiger partial charge in [-0.3, -0.25) is 9.48 Å². The molecule has 0 radical (unpaired) electrons. The Hall–Kier alpha value is -2.43. The monoisotopic (exact) mass is 244 g/mol. The second kappa shape index (κ2) is 4.83. The molecule has 0 fully saturated rings. The van der Waals surface area contributed by atoms with Gasteiger partial charge in [0.25, 0.3) is 0 Å². The molecule has 0 saturated heterocycles. The molecule has 0 bridgehead atoms. The smallest absolute Gasteiger partial charge is 0.335 e. The van der Waals surface area contributed by atoms with E-state index in [0.29, 0.717) is 18.5 Å². The minimum atomic E-state index is -0.944. The number of aromatic carboxylic acids is 1. The van der Waals surface area contributed by atoms with Crippen LogP contribution < -0.4 is 0 Å². The SMILES string of the molecule is Cc1cc(C=O)nn1Cc1ccc(C(=O)O)cc1. The zero-order valence-electron chi connectivity index (χ0n) is 9.83. The molecule has 0 aliphatic heterocycles. The van der Waals surface area contributed by atoms with Crippen LogP contribution in [0, 0.1) is 6.92 Å². The van der Waals surface area contributed by atoms with Gasteiger partial charge in [0, 0.05) is 5.69 Å². The normalized spacial score (nSPS) is 10.3. The van der Waals surface area contributed by atoms with E-state index in [4.69, 9.17) is 5.11 Å². The standard InChI is InChI=1S/C13H12N2O3/c1-9-6-12(8-16)14-15(9)7-10-2-4-11(5-3-10)13(17)18/h2-6,8H,7H2,1H3,(H,17,18). The molecule has 0 spiro atoms. The zero-order valence-corrected chi connectivity index (χ0v) is 9.83. The number of aldehydes is 1. The van der Waals surface area contributed by atoms with Crippen molar-refractivity contribution in [1.82, 2.24) is 9.78 Å². The first kappa shape index (κ1) is 12.0. The van der Waals surface area contributed by atoms with Crippen molar-refractivity contribution < 1.29 is 14.7 Å². The van der Waals surface area contributed by atoms with Gasteiger partial charge in [-0.15, -0.1) is 0 Å². The summed E-state index contributed by atoms with van der Waals surface area (Å²) in [5.41, 5.74) is 2.47. The molecule has 0 aliphatic rings. The summed E-state index contributed by atoms with van der Waals surface area (Å²) >= 11 is 0. The van der Waals surface area contributed by atoms with Crippen molar-refractivity contribution in [2.45, 2.75) is 13.5 Å². The van der Waals surface area contributed by atoms with Crippen molar-refractivity contribution >= 4 is 12.3 Å². The topological polar surface area (TPSA) is 72.2 Å². The van der Waals surface area contributed by atoms with Gasteiger partial charge in [-0.2, -0.15) is 5.10 Å². The van der Waals surface area contributed by atoms with Crippen molar-refractivity contribution in [1.29, 1.82) is 0 Å². The van der Waals surface area contributed by atoms with Crippen LogP contribution in [0.4, 0.5) is 0 Å². The number of aryl methyl sites for hydroxylation is 1. The van der Waals surface area contributed by atoms with Crippen LogP contribution in [0.1, 0.15) is 32.1 Å². The number of carbonyl (C=O) groups is 2. The molecule has 0 saturated carbocycles. The number of nitrogens with zero attached hydrogens (tertiary/aromatic N) is 2. The van der Waals surface area contributed by atoms with Gasteiger partial charge in [0.1, 0.15) is 5.69 Å². The average Bonchev–Trinajstić information content (AvgIpc) is 2.71. The van der Waals surface area contributed by atoms with Gasteiger partial charge in [0.2, 0.25) is 0 Å². The maximum atomic E-state index is 10.7. The highest BCUT2D eigenvalue weighted by Crippen LogP contribution is 2.09. The highest BCUT2D eigenvalue weighted by atomic mass is 16.4. The van der Waals surface area contributed by atoms with E-state index < -0.39 is 5.97 Å². The van der Waals surface area contributed by atoms with Crippen LogP contribution in [0.5, 0.6) is 0 Å². The summed E-state index contributed by atoms with van der Waals surface area (Å²) < 4.78 is 1.71. The van der Waals surface area contributed by atoms with Crippen LogP contribution in [-0.4, -0.2) is 27.1 Å². The van der Waals surface area contributed by atoms with Gasteiger partial charge >= 0.3 is 5.97 Å². The third-order valence-corrected chi connectivity index (χ3v) is 2.65. The molecular formula is C13H12N2O3. The zero-order chi connectivity index (χ0) is 13.1. The largest absolute Gasteiger partial charge is 0.478 e. The number of hydrogen-bond acceptors (Lipinski definition) is 3. The highest BCUT2D eigenvalue weighted by molar-refractivity contribution is 5.87. The quantitative estimate of drug-likeness (QED) is 0.831. The lowest BCUT2D eigenvalue weighted by molar-refractivity contribution is 0.0696. The van der Waals surface area contributed by atoms with E-state index in [2.05, 4.69) is 5.10 Å². The van der Waals surface area contributed by atoms with Crippen LogP contribution in [0.2, 0.25) is 0 Å². The van der Waals surface area contributed by atoms with Crippen LogP contribution >= 0.6 is 0 Å². The first-order chi connectivity index (χ1) is 8.60. The summed E-state index contributed by atoms with van der Waals surface area (Å²) in [4.78, 5) is 21.3. The average molecular weight is 244 g/mol. The number of carboxylic acids is 1. The Kier molecular flexibility index (Phi) is 3.23. The Bertz CT molecular complexity index is 585. The number of hydrogen-bond donors (Lipinski definition) is 1. The molecule has 0 atom stereocenters. The minimum absolute atomic E-state index is 0.254. The van der Waals surface area contributed by atoms with Gasteiger partial charge in [0.05, 0.1) is 12.1 Å². The molecule has 1 heterocycles. The molecule has 2 aromatic rings. The van der Waals surface area contributed by atoms with E-state index in [1.807, 2.05) is 6.92 Å². The van der Waals surface area contributed by atoms with Gasteiger partial charge in [-0.05, 0) is 30.7 Å². The van der Waals surface area contributed by atoms with Crippen LogP contribution in [-0.2, 0) is 6.54 Å². The number of aromatic nitrogens is 2. The molecule has 0 amide bonds. The van der Waals surface area contributed by atoms with Gasteiger partial charge < -0.3 is 5.11 Å². The maximum Gasteiger partial charge on any atom is 0.335 e. The summed E-state index contributed by atoms with van der Waals surface area (Å²) in [5.74, 6) is -0.944. The molecular weight excluding hydrogens is 232 g/mol.